The number of carbonyl (C=O) groups excluding carboxylic acids is 2. The summed E-state index contributed by atoms with van der Waals surface area (Å²) in [5.41, 5.74) is -0.519. The Balaban J connectivity index is 2.54. The summed E-state index contributed by atoms with van der Waals surface area (Å²) in [6.45, 7) is 9.12. The molecule has 4 nitrogen and oxygen atoms in total. The molecule has 84 valence electrons. The maximum atomic E-state index is 11.6. The van der Waals surface area contributed by atoms with Crippen molar-refractivity contribution >= 4 is 11.9 Å². The minimum absolute atomic E-state index is 0.0701. The van der Waals surface area contributed by atoms with E-state index in [4.69, 9.17) is 4.74 Å². The molecule has 1 fully saturated rings. The lowest BCUT2D eigenvalue weighted by Crippen LogP contribution is -2.60. The predicted molar refractivity (Wildman–Crippen MR) is 56.5 cm³/mol. The lowest BCUT2D eigenvalue weighted by molar-refractivity contribution is -0.135. The fourth-order valence-corrected chi connectivity index (χ4v) is 1.37. The zero-order valence-corrected chi connectivity index (χ0v) is 9.45. The number of rotatable bonds is 2. The molecular formula is C11H17NO3. The van der Waals surface area contributed by atoms with Crippen molar-refractivity contribution in [1.29, 1.82) is 0 Å². The van der Waals surface area contributed by atoms with Crippen LogP contribution in [-0.4, -0.2) is 35.0 Å². The van der Waals surface area contributed by atoms with Gasteiger partial charge in [-0.15, -0.1) is 6.58 Å². The highest BCUT2D eigenvalue weighted by Gasteiger charge is 2.41. The average molecular weight is 211 g/mol. The van der Waals surface area contributed by atoms with Gasteiger partial charge in [0.05, 0.1) is 12.6 Å². The van der Waals surface area contributed by atoms with Gasteiger partial charge in [0.25, 0.3) is 0 Å². The predicted octanol–water partition coefficient (Wildman–Crippen LogP) is 1.75. The van der Waals surface area contributed by atoms with Crippen molar-refractivity contribution in [2.75, 3.05) is 6.54 Å². The lowest BCUT2D eigenvalue weighted by atomic mass is 9.99. The Morgan fingerprint density at radius 3 is 2.67 bits per heavy atom. The second-order valence-electron chi connectivity index (χ2n) is 4.61. The molecule has 1 rings (SSSR count). The van der Waals surface area contributed by atoms with Gasteiger partial charge in [0.15, 0.2) is 5.78 Å². The summed E-state index contributed by atoms with van der Waals surface area (Å²) in [7, 11) is 0. The van der Waals surface area contributed by atoms with Gasteiger partial charge in [-0.25, -0.2) is 4.79 Å². The number of ketones is 1. The van der Waals surface area contributed by atoms with E-state index in [0.29, 0.717) is 6.42 Å². The Bertz CT molecular complexity index is 291. The molecule has 0 aromatic carbocycles. The van der Waals surface area contributed by atoms with Crippen LogP contribution in [0, 0.1) is 0 Å². The Morgan fingerprint density at radius 1 is 1.67 bits per heavy atom. The highest BCUT2D eigenvalue weighted by atomic mass is 16.6. The molecule has 0 N–H and O–H groups in total. The first-order chi connectivity index (χ1) is 6.85. The molecule has 1 heterocycles. The topological polar surface area (TPSA) is 46.6 Å². The molecule has 0 aromatic heterocycles. The van der Waals surface area contributed by atoms with Crippen LogP contribution < -0.4 is 0 Å². The lowest BCUT2D eigenvalue weighted by Gasteiger charge is -2.39. The number of nitrogens with zero attached hydrogens (tertiary/aromatic N) is 1. The summed E-state index contributed by atoms with van der Waals surface area (Å²) in [4.78, 5) is 24.2. The van der Waals surface area contributed by atoms with Crippen LogP contribution in [-0.2, 0) is 9.53 Å². The fraction of sp³-hybridized carbons (Fsp3) is 0.636. The Hall–Kier alpha value is -1.32. The standard InChI is InChI=1S/C11H17NO3/c1-5-6-8-9(13)7-12(8)10(14)15-11(2,3)4/h5,8H,1,6-7H2,2-4H3/t8-/m1/s1. The zero-order chi connectivity index (χ0) is 11.6. The first-order valence-electron chi connectivity index (χ1n) is 4.98. The summed E-state index contributed by atoms with van der Waals surface area (Å²) in [5.74, 6) is 0.0701. The van der Waals surface area contributed by atoms with Gasteiger partial charge in [-0.1, -0.05) is 6.08 Å². The molecule has 0 spiro atoms. The number of hydrogen-bond acceptors (Lipinski definition) is 3. The average Bonchev–Trinajstić information content (AvgIpc) is 2.07. The third kappa shape index (κ3) is 2.81. The molecule has 0 saturated carbocycles. The van der Waals surface area contributed by atoms with Crippen LogP contribution in [0.4, 0.5) is 4.79 Å². The van der Waals surface area contributed by atoms with Gasteiger partial charge >= 0.3 is 6.09 Å². The SMILES string of the molecule is C=CC[C@@H]1C(=O)CN1C(=O)OC(C)(C)C. The van der Waals surface area contributed by atoms with Crippen molar-refractivity contribution in [1.82, 2.24) is 4.90 Å². The van der Waals surface area contributed by atoms with Crippen LogP contribution >= 0.6 is 0 Å². The maximum Gasteiger partial charge on any atom is 0.411 e. The molecule has 1 aliphatic rings. The zero-order valence-electron chi connectivity index (χ0n) is 9.45. The van der Waals surface area contributed by atoms with E-state index in [0.717, 1.165) is 0 Å². The molecule has 0 unspecified atom stereocenters. The van der Waals surface area contributed by atoms with Crippen molar-refractivity contribution in [2.45, 2.75) is 38.8 Å². The van der Waals surface area contributed by atoms with Crippen LogP contribution in [0.1, 0.15) is 27.2 Å². The number of carbonyl (C=O) groups is 2. The second-order valence-corrected chi connectivity index (χ2v) is 4.61. The Labute approximate surface area is 89.9 Å². The van der Waals surface area contributed by atoms with E-state index >= 15 is 0 Å². The van der Waals surface area contributed by atoms with Crippen molar-refractivity contribution in [3.63, 3.8) is 0 Å². The van der Waals surface area contributed by atoms with Gasteiger partial charge in [-0.3, -0.25) is 9.69 Å². The molecule has 1 saturated heterocycles. The second kappa shape index (κ2) is 4.04. The number of likely N-dealkylation sites (tertiary alicyclic amines) is 1. The molecule has 0 radical (unpaired) electrons. The van der Waals surface area contributed by atoms with Gasteiger partial charge in [0.2, 0.25) is 0 Å². The molecule has 1 amide bonds. The molecular weight excluding hydrogens is 194 g/mol. The molecule has 15 heavy (non-hydrogen) atoms. The van der Waals surface area contributed by atoms with E-state index in [9.17, 15) is 9.59 Å². The highest BCUT2D eigenvalue weighted by molar-refractivity contribution is 5.97. The summed E-state index contributed by atoms with van der Waals surface area (Å²) in [6.07, 6.45) is 1.71. The minimum atomic E-state index is -0.519. The summed E-state index contributed by atoms with van der Waals surface area (Å²) in [5, 5.41) is 0. The van der Waals surface area contributed by atoms with Gasteiger partial charge in [-0.2, -0.15) is 0 Å². The van der Waals surface area contributed by atoms with E-state index in [1.807, 2.05) is 0 Å². The van der Waals surface area contributed by atoms with E-state index in [2.05, 4.69) is 6.58 Å². The van der Waals surface area contributed by atoms with E-state index in [1.54, 1.807) is 26.8 Å². The van der Waals surface area contributed by atoms with Crippen LogP contribution in [0.5, 0.6) is 0 Å². The molecule has 0 aromatic rings. The molecule has 0 aliphatic carbocycles. The maximum absolute atomic E-state index is 11.6. The fourth-order valence-electron chi connectivity index (χ4n) is 1.37. The molecule has 1 aliphatic heterocycles. The normalized spacial score (nSPS) is 20.9. The van der Waals surface area contributed by atoms with E-state index in [1.165, 1.54) is 4.90 Å². The minimum Gasteiger partial charge on any atom is -0.444 e. The molecule has 4 heteroatoms. The third-order valence-corrected chi connectivity index (χ3v) is 2.09. The van der Waals surface area contributed by atoms with Gasteiger partial charge in [-0.05, 0) is 27.2 Å². The molecule has 1 atom stereocenters. The smallest absolute Gasteiger partial charge is 0.411 e. The van der Waals surface area contributed by atoms with Crippen molar-refractivity contribution < 1.29 is 14.3 Å². The summed E-state index contributed by atoms with van der Waals surface area (Å²) >= 11 is 0. The van der Waals surface area contributed by atoms with Crippen LogP contribution in [0.2, 0.25) is 0 Å². The van der Waals surface area contributed by atoms with Crippen LogP contribution in [0.15, 0.2) is 12.7 Å². The monoisotopic (exact) mass is 211 g/mol. The van der Waals surface area contributed by atoms with Crippen LogP contribution in [0.3, 0.4) is 0 Å². The number of amides is 1. The number of Topliss-reactive ketones (excluding diaryl/α,β-unsaturated/α-hetero) is 1. The van der Waals surface area contributed by atoms with E-state index < -0.39 is 11.7 Å². The Morgan fingerprint density at radius 2 is 2.27 bits per heavy atom. The third-order valence-electron chi connectivity index (χ3n) is 2.09. The quantitative estimate of drug-likeness (QED) is 0.654. The van der Waals surface area contributed by atoms with Crippen LogP contribution in [0.25, 0.3) is 0 Å². The summed E-state index contributed by atoms with van der Waals surface area (Å²) < 4.78 is 5.17. The number of ether oxygens (including phenoxy) is 1. The van der Waals surface area contributed by atoms with Gasteiger partial charge < -0.3 is 4.74 Å². The summed E-state index contributed by atoms with van der Waals surface area (Å²) in [6, 6.07) is -0.364. The van der Waals surface area contributed by atoms with E-state index in [-0.39, 0.29) is 18.4 Å². The van der Waals surface area contributed by atoms with Crippen molar-refractivity contribution in [3.8, 4) is 0 Å². The molecule has 0 bridgehead atoms. The highest BCUT2D eigenvalue weighted by Crippen LogP contribution is 2.20. The van der Waals surface area contributed by atoms with Crippen molar-refractivity contribution in [2.24, 2.45) is 0 Å². The first-order valence-corrected chi connectivity index (χ1v) is 4.98. The number of hydrogen-bond donors (Lipinski definition) is 0. The first kappa shape index (κ1) is 11.8. The van der Waals surface area contributed by atoms with Crippen molar-refractivity contribution in [3.05, 3.63) is 12.7 Å². The van der Waals surface area contributed by atoms with Gasteiger partial charge in [0, 0.05) is 0 Å². The largest absolute Gasteiger partial charge is 0.444 e. The van der Waals surface area contributed by atoms with Gasteiger partial charge in [0.1, 0.15) is 5.60 Å². The Kier molecular flexibility index (Phi) is 3.17.